The van der Waals surface area contributed by atoms with Gasteiger partial charge < -0.3 is 14.8 Å². The zero-order valence-electron chi connectivity index (χ0n) is 18.2. The van der Waals surface area contributed by atoms with E-state index in [1.165, 1.54) is 19.4 Å². The molecule has 2 N–H and O–H groups in total. The standard InChI is InChI=1S/C24H20BrClFN3O4/c1-14-18(26)7-5-9-20(14)29-23(31)24(32)30-28-12-15-10-17(25)22(21(11-15)33-2)34-13-16-6-3-4-8-19(16)27/h3-12H,13H2,1-2H3,(H,29,31)(H,30,32)/b28-12+. The molecular weight excluding hydrogens is 529 g/mol. The molecule has 0 spiro atoms. The van der Waals surface area contributed by atoms with E-state index < -0.39 is 11.8 Å². The summed E-state index contributed by atoms with van der Waals surface area (Å²) >= 11 is 9.42. The number of rotatable bonds is 7. The van der Waals surface area contributed by atoms with Gasteiger partial charge in [-0.25, -0.2) is 9.82 Å². The molecular formula is C24H20BrClFN3O4. The third-order valence-corrected chi connectivity index (χ3v) is 5.68. The van der Waals surface area contributed by atoms with Gasteiger partial charge in [0.05, 0.1) is 17.8 Å². The van der Waals surface area contributed by atoms with Crippen molar-refractivity contribution in [1.29, 1.82) is 0 Å². The van der Waals surface area contributed by atoms with Gasteiger partial charge in [0, 0.05) is 16.3 Å². The SMILES string of the molecule is COc1cc(/C=N/NC(=O)C(=O)Nc2cccc(Cl)c2C)cc(Br)c1OCc1ccccc1F. The Morgan fingerprint density at radius 1 is 1.15 bits per heavy atom. The fourth-order valence-corrected chi connectivity index (χ4v) is 3.61. The Hall–Kier alpha value is -3.43. The molecule has 0 aromatic heterocycles. The summed E-state index contributed by atoms with van der Waals surface area (Å²) in [5.41, 5.74) is 4.18. The minimum absolute atomic E-state index is 0.00629. The Bertz CT molecular complexity index is 1250. The van der Waals surface area contributed by atoms with Crippen molar-refractivity contribution in [3.8, 4) is 11.5 Å². The molecule has 0 aliphatic rings. The molecule has 0 heterocycles. The molecule has 3 rings (SSSR count). The Morgan fingerprint density at radius 2 is 1.91 bits per heavy atom. The van der Waals surface area contributed by atoms with Crippen LogP contribution in [-0.4, -0.2) is 25.1 Å². The topological polar surface area (TPSA) is 89.0 Å². The average Bonchev–Trinajstić information content (AvgIpc) is 2.81. The second kappa shape index (κ2) is 11.6. The lowest BCUT2D eigenvalue weighted by atomic mass is 10.2. The van der Waals surface area contributed by atoms with Crippen LogP contribution in [0.15, 0.2) is 64.2 Å². The van der Waals surface area contributed by atoms with E-state index in [4.69, 9.17) is 21.1 Å². The summed E-state index contributed by atoms with van der Waals surface area (Å²) in [6.07, 6.45) is 1.34. The lowest BCUT2D eigenvalue weighted by Gasteiger charge is -2.14. The summed E-state index contributed by atoms with van der Waals surface area (Å²) < 4.78 is 25.5. The fraction of sp³-hybridized carbons (Fsp3) is 0.125. The van der Waals surface area contributed by atoms with Crippen LogP contribution in [0.25, 0.3) is 0 Å². The number of ether oxygens (including phenoxy) is 2. The number of methoxy groups -OCH3 is 1. The van der Waals surface area contributed by atoms with Crippen molar-refractivity contribution in [2.45, 2.75) is 13.5 Å². The Labute approximate surface area is 209 Å². The van der Waals surface area contributed by atoms with Crippen molar-refractivity contribution in [3.05, 3.63) is 86.6 Å². The van der Waals surface area contributed by atoms with Gasteiger partial charge >= 0.3 is 11.8 Å². The lowest BCUT2D eigenvalue weighted by molar-refractivity contribution is -0.136. The second-order valence-electron chi connectivity index (χ2n) is 6.98. The molecule has 0 saturated heterocycles. The molecule has 0 bridgehead atoms. The van der Waals surface area contributed by atoms with Gasteiger partial charge in [0.1, 0.15) is 12.4 Å². The van der Waals surface area contributed by atoms with Crippen molar-refractivity contribution in [3.63, 3.8) is 0 Å². The normalized spacial score (nSPS) is 10.7. The number of hydrogen-bond acceptors (Lipinski definition) is 5. The van der Waals surface area contributed by atoms with Crippen molar-refractivity contribution in [1.82, 2.24) is 5.43 Å². The van der Waals surface area contributed by atoms with Crippen LogP contribution in [0.1, 0.15) is 16.7 Å². The fourth-order valence-electron chi connectivity index (χ4n) is 2.86. The molecule has 0 atom stereocenters. The third kappa shape index (κ3) is 6.33. The summed E-state index contributed by atoms with van der Waals surface area (Å²) in [4.78, 5) is 24.2. The monoisotopic (exact) mass is 547 g/mol. The van der Waals surface area contributed by atoms with Crippen LogP contribution in [0.5, 0.6) is 11.5 Å². The molecule has 0 radical (unpaired) electrons. The van der Waals surface area contributed by atoms with Crippen molar-refractivity contribution < 1.29 is 23.5 Å². The van der Waals surface area contributed by atoms with Crippen LogP contribution in [0.3, 0.4) is 0 Å². The summed E-state index contributed by atoms with van der Waals surface area (Å²) in [5.74, 6) is -1.47. The first-order chi connectivity index (χ1) is 16.3. The summed E-state index contributed by atoms with van der Waals surface area (Å²) in [6.45, 7) is 1.73. The number of nitrogens with zero attached hydrogens (tertiary/aromatic N) is 1. The highest BCUT2D eigenvalue weighted by molar-refractivity contribution is 9.10. The largest absolute Gasteiger partial charge is 0.493 e. The molecule has 10 heteroatoms. The maximum absolute atomic E-state index is 13.9. The van der Waals surface area contributed by atoms with Gasteiger partial charge in [0.25, 0.3) is 0 Å². The van der Waals surface area contributed by atoms with Gasteiger partial charge in [0.15, 0.2) is 11.5 Å². The molecule has 0 saturated carbocycles. The Morgan fingerprint density at radius 3 is 2.65 bits per heavy atom. The minimum atomic E-state index is -0.952. The number of halogens is 3. The van der Waals surface area contributed by atoms with Gasteiger partial charge in [-0.1, -0.05) is 35.9 Å². The van der Waals surface area contributed by atoms with E-state index in [1.807, 2.05) is 0 Å². The van der Waals surface area contributed by atoms with Crippen molar-refractivity contribution in [2.75, 3.05) is 12.4 Å². The summed E-state index contributed by atoms with van der Waals surface area (Å²) in [7, 11) is 1.46. The van der Waals surface area contributed by atoms with Crippen LogP contribution in [0.2, 0.25) is 5.02 Å². The first-order valence-corrected chi connectivity index (χ1v) is 11.1. The van der Waals surface area contributed by atoms with Crippen LogP contribution < -0.4 is 20.2 Å². The summed E-state index contributed by atoms with van der Waals surface area (Å²) in [6, 6.07) is 14.6. The van der Waals surface area contributed by atoms with E-state index in [-0.39, 0.29) is 12.4 Å². The summed E-state index contributed by atoms with van der Waals surface area (Å²) in [5, 5.41) is 6.77. The van der Waals surface area contributed by atoms with Gasteiger partial charge in [0.2, 0.25) is 0 Å². The number of benzene rings is 3. The number of hydrazone groups is 1. The van der Waals surface area contributed by atoms with Crippen LogP contribution in [0.4, 0.5) is 10.1 Å². The molecule has 176 valence electrons. The third-order valence-electron chi connectivity index (χ3n) is 4.68. The van der Waals surface area contributed by atoms with Gasteiger partial charge in [-0.05, 0) is 64.3 Å². The maximum Gasteiger partial charge on any atom is 0.329 e. The maximum atomic E-state index is 13.9. The molecule has 3 aromatic carbocycles. The minimum Gasteiger partial charge on any atom is -0.493 e. The van der Waals surface area contributed by atoms with E-state index >= 15 is 0 Å². The predicted octanol–water partition coefficient (Wildman–Crippen LogP) is 5.23. The van der Waals surface area contributed by atoms with E-state index in [2.05, 4.69) is 31.8 Å². The Kier molecular flexibility index (Phi) is 8.61. The molecule has 2 amide bonds. The predicted molar refractivity (Wildman–Crippen MR) is 132 cm³/mol. The van der Waals surface area contributed by atoms with E-state index in [0.29, 0.717) is 43.4 Å². The molecule has 0 unspecified atom stereocenters. The zero-order chi connectivity index (χ0) is 24.7. The van der Waals surface area contributed by atoms with Gasteiger partial charge in [-0.2, -0.15) is 5.10 Å². The number of carbonyl (C=O) groups excluding carboxylic acids is 2. The molecule has 0 aliphatic heterocycles. The number of carbonyl (C=O) groups is 2. The quantitative estimate of drug-likeness (QED) is 0.241. The van der Waals surface area contributed by atoms with Gasteiger partial charge in [-0.15, -0.1) is 0 Å². The van der Waals surface area contributed by atoms with E-state index in [0.717, 1.165) is 0 Å². The molecule has 34 heavy (non-hydrogen) atoms. The highest BCUT2D eigenvalue weighted by atomic mass is 79.9. The van der Waals surface area contributed by atoms with Gasteiger partial charge in [-0.3, -0.25) is 9.59 Å². The first-order valence-electron chi connectivity index (χ1n) is 9.93. The Balaban J connectivity index is 1.64. The van der Waals surface area contributed by atoms with E-state index in [1.54, 1.807) is 55.5 Å². The van der Waals surface area contributed by atoms with E-state index in [9.17, 15) is 14.0 Å². The number of amides is 2. The number of nitrogens with one attached hydrogen (secondary N) is 2. The first kappa shape index (κ1) is 25.2. The zero-order valence-corrected chi connectivity index (χ0v) is 20.5. The highest BCUT2D eigenvalue weighted by Gasteiger charge is 2.15. The van der Waals surface area contributed by atoms with Crippen LogP contribution in [0, 0.1) is 12.7 Å². The molecule has 7 nitrogen and oxygen atoms in total. The molecule has 0 aliphatic carbocycles. The number of hydrogen-bond donors (Lipinski definition) is 2. The smallest absolute Gasteiger partial charge is 0.329 e. The molecule has 3 aromatic rings. The van der Waals surface area contributed by atoms with Crippen molar-refractivity contribution in [2.24, 2.45) is 5.10 Å². The van der Waals surface area contributed by atoms with Crippen LogP contribution in [-0.2, 0) is 16.2 Å². The molecule has 0 fully saturated rings. The van der Waals surface area contributed by atoms with Crippen molar-refractivity contribution >= 4 is 51.2 Å². The lowest BCUT2D eigenvalue weighted by Crippen LogP contribution is -2.32. The number of anilines is 1. The average molecular weight is 549 g/mol. The second-order valence-corrected chi connectivity index (χ2v) is 8.24. The highest BCUT2D eigenvalue weighted by Crippen LogP contribution is 2.37. The van der Waals surface area contributed by atoms with Crippen LogP contribution >= 0.6 is 27.5 Å².